The van der Waals surface area contributed by atoms with Gasteiger partial charge in [-0.3, -0.25) is 0 Å². The molecule has 0 aromatic heterocycles. The number of rotatable bonds is 39. The molecule has 0 bridgehead atoms. The van der Waals surface area contributed by atoms with Gasteiger partial charge in [-0.1, -0.05) is 206 Å². The van der Waals surface area contributed by atoms with Gasteiger partial charge in [-0.25, -0.2) is 0 Å². The smallest absolute Gasteiger partial charge is 0.304 e. The minimum Gasteiger partial charge on any atom is -1.00 e. The van der Waals surface area contributed by atoms with Gasteiger partial charge in [-0.15, -0.1) is 0 Å². The maximum absolute atomic E-state index is 6.21. The Hall–Kier alpha value is 0.320. The van der Waals surface area contributed by atoms with Crippen LogP contribution >= 0.6 is 0 Å². The molecule has 0 aliphatic carbocycles. The van der Waals surface area contributed by atoms with Gasteiger partial charge < -0.3 is 37.9 Å². The molecule has 0 saturated carbocycles. The minimum atomic E-state index is -0.342. The van der Waals surface area contributed by atoms with Crippen molar-refractivity contribution >= 4 is 0 Å². The van der Waals surface area contributed by atoms with Crippen LogP contribution in [-0.2, 0) is 9.47 Å². The van der Waals surface area contributed by atoms with Gasteiger partial charge in [0.15, 0.2) is 0 Å². The quantitative estimate of drug-likeness (QED) is 0.0495. The lowest BCUT2D eigenvalue weighted by atomic mass is 10.0. The fourth-order valence-electron chi connectivity index (χ4n) is 6.49. The first kappa shape index (κ1) is 47.4. The van der Waals surface area contributed by atoms with Gasteiger partial charge in [0.2, 0.25) is 0 Å². The molecule has 274 valence electrons. The van der Waals surface area contributed by atoms with E-state index in [9.17, 15) is 0 Å². The van der Waals surface area contributed by atoms with E-state index in [1.165, 1.54) is 193 Å². The van der Waals surface area contributed by atoms with Gasteiger partial charge in [-0.05, 0) is 32.2 Å². The second-order valence-electron chi connectivity index (χ2n) is 14.0. The normalized spacial score (nSPS) is 12.8. The van der Waals surface area contributed by atoms with Crippen LogP contribution in [0.25, 0.3) is 0 Å². The Bertz CT molecular complexity index is 511. The van der Waals surface area contributed by atoms with Crippen molar-refractivity contribution < 1.29 is 32.2 Å². The third kappa shape index (κ3) is 40.4. The lowest BCUT2D eigenvalue weighted by Gasteiger charge is -2.20. The van der Waals surface area contributed by atoms with Crippen molar-refractivity contribution in [3.63, 3.8) is 0 Å². The van der Waals surface area contributed by atoms with E-state index in [-0.39, 0.29) is 29.5 Å². The molecule has 5 N–H and O–H groups in total. The molecular formula is C40H85BrN2O2. The van der Waals surface area contributed by atoms with Crippen LogP contribution in [-0.4, -0.2) is 25.7 Å². The maximum Gasteiger partial charge on any atom is 0.304 e. The standard InChI is InChI=1S/C40H84N2O2.BrH/c1-3-5-7-9-11-13-15-17-19-21-23-25-27-29-31-33-38-43-40(42)44-39(36-34-37-41)35-32-30-28-26-24-22-20-18-16-14-12-10-8-6-4-2;/h39-40H,3-38,41-42H2,1-2H3;1H. The highest BCUT2D eigenvalue weighted by atomic mass is 79.9. The number of halogens is 1. The number of hydrogen-bond donors (Lipinski definition) is 2. The Kier molecular flexibility index (Phi) is 44.6. The molecule has 0 rings (SSSR count). The van der Waals surface area contributed by atoms with Gasteiger partial charge in [0.1, 0.15) is 0 Å². The summed E-state index contributed by atoms with van der Waals surface area (Å²) < 4.78 is 12.1. The van der Waals surface area contributed by atoms with E-state index in [0.29, 0.717) is 0 Å². The molecule has 0 aliphatic rings. The summed E-state index contributed by atoms with van der Waals surface area (Å²) in [6, 6.07) is 0. The zero-order valence-electron chi connectivity index (χ0n) is 31.1. The monoisotopic (exact) mass is 705 g/mol. The van der Waals surface area contributed by atoms with Crippen molar-refractivity contribution in [1.29, 1.82) is 0 Å². The second-order valence-corrected chi connectivity index (χ2v) is 14.0. The molecule has 0 aromatic carbocycles. The summed E-state index contributed by atoms with van der Waals surface area (Å²) >= 11 is 0. The highest BCUT2D eigenvalue weighted by Gasteiger charge is 2.16. The van der Waals surface area contributed by atoms with Crippen LogP contribution in [0, 0.1) is 0 Å². The summed E-state index contributed by atoms with van der Waals surface area (Å²) in [4.78, 5) is 0. The van der Waals surface area contributed by atoms with Crippen molar-refractivity contribution in [3.8, 4) is 0 Å². The number of nitrogens with two attached hydrogens (primary N) is 1. The number of ether oxygens (including phenoxy) is 2. The van der Waals surface area contributed by atoms with Crippen LogP contribution in [0.15, 0.2) is 0 Å². The molecule has 0 aliphatic heterocycles. The van der Waals surface area contributed by atoms with Crippen molar-refractivity contribution in [2.24, 2.45) is 5.73 Å². The van der Waals surface area contributed by atoms with E-state index >= 15 is 0 Å². The SMILES string of the molecule is CCCCCCCCCCCCCCCCCCOC([NH3+])OC(CCCN)CCCCCCCCCCCCCCCCC.[Br-]. The molecule has 45 heavy (non-hydrogen) atoms. The summed E-state index contributed by atoms with van der Waals surface area (Å²) in [5, 5.41) is 0. The van der Waals surface area contributed by atoms with E-state index in [2.05, 4.69) is 19.6 Å². The van der Waals surface area contributed by atoms with E-state index in [0.717, 1.165) is 38.8 Å². The first-order valence-corrected chi connectivity index (χ1v) is 20.5. The molecule has 0 heterocycles. The Morgan fingerprint density at radius 2 is 0.711 bits per heavy atom. The molecule has 2 atom stereocenters. The highest BCUT2D eigenvalue weighted by Crippen LogP contribution is 2.17. The van der Waals surface area contributed by atoms with Crippen LogP contribution in [0.4, 0.5) is 0 Å². The van der Waals surface area contributed by atoms with Crippen molar-refractivity contribution in [2.75, 3.05) is 13.2 Å². The van der Waals surface area contributed by atoms with Gasteiger partial charge in [0.05, 0.1) is 12.7 Å². The summed E-state index contributed by atoms with van der Waals surface area (Å²) in [5.74, 6) is 0. The number of unbranched alkanes of at least 4 members (excludes halogenated alkanes) is 29. The van der Waals surface area contributed by atoms with E-state index in [4.69, 9.17) is 15.2 Å². The Morgan fingerprint density at radius 1 is 0.422 bits per heavy atom. The van der Waals surface area contributed by atoms with Crippen LogP contribution in [0.5, 0.6) is 0 Å². The predicted octanol–water partition coefficient (Wildman–Crippen LogP) is 9.18. The zero-order valence-corrected chi connectivity index (χ0v) is 32.7. The van der Waals surface area contributed by atoms with Crippen LogP contribution in [0.2, 0.25) is 0 Å². The predicted molar refractivity (Wildman–Crippen MR) is 195 cm³/mol. The van der Waals surface area contributed by atoms with E-state index in [1.807, 2.05) is 0 Å². The molecule has 0 spiro atoms. The average Bonchev–Trinajstić information content (AvgIpc) is 3.03. The molecular weight excluding hydrogens is 620 g/mol. The maximum atomic E-state index is 6.21. The molecule has 0 fully saturated rings. The summed E-state index contributed by atoms with van der Waals surface area (Å²) in [7, 11) is 0. The first-order valence-electron chi connectivity index (χ1n) is 20.5. The van der Waals surface area contributed by atoms with E-state index < -0.39 is 0 Å². The van der Waals surface area contributed by atoms with Crippen LogP contribution < -0.4 is 28.4 Å². The number of hydrogen-bond acceptors (Lipinski definition) is 3. The molecule has 0 aromatic rings. The fraction of sp³-hybridized carbons (Fsp3) is 1.00. The third-order valence-corrected chi connectivity index (χ3v) is 9.51. The summed E-state index contributed by atoms with van der Waals surface area (Å²) in [5.41, 5.74) is 9.94. The summed E-state index contributed by atoms with van der Waals surface area (Å²) in [6.07, 6.45) is 46.5. The average molecular weight is 706 g/mol. The third-order valence-electron chi connectivity index (χ3n) is 9.51. The fourth-order valence-corrected chi connectivity index (χ4v) is 6.49. The van der Waals surface area contributed by atoms with E-state index in [1.54, 1.807) is 0 Å². The topological polar surface area (TPSA) is 72.1 Å². The Balaban J connectivity index is 0. The minimum absolute atomic E-state index is 0. The molecule has 5 heteroatoms. The zero-order chi connectivity index (χ0) is 32.0. The Morgan fingerprint density at radius 3 is 1.04 bits per heavy atom. The van der Waals surface area contributed by atoms with Gasteiger partial charge in [-0.2, -0.15) is 0 Å². The van der Waals surface area contributed by atoms with Crippen molar-refractivity contribution in [1.82, 2.24) is 0 Å². The van der Waals surface area contributed by atoms with Gasteiger partial charge >= 0.3 is 6.41 Å². The highest BCUT2D eigenvalue weighted by molar-refractivity contribution is 4.60. The van der Waals surface area contributed by atoms with Crippen LogP contribution in [0.1, 0.15) is 232 Å². The lowest BCUT2D eigenvalue weighted by molar-refractivity contribution is -0.570. The van der Waals surface area contributed by atoms with Gasteiger partial charge in [0, 0.05) is 0 Å². The molecule has 0 saturated heterocycles. The molecule has 0 radical (unpaired) electrons. The Labute approximate surface area is 294 Å². The van der Waals surface area contributed by atoms with Crippen LogP contribution in [0.3, 0.4) is 0 Å². The molecule has 0 amide bonds. The molecule has 2 unspecified atom stereocenters. The van der Waals surface area contributed by atoms with Gasteiger partial charge in [0.25, 0.3) is 0 Å². The van der Waals surface area contributed by atoms with Crippen molar-refractivity contribution in [2.45, 2.75) is 245 Å². The molecule has 4 nitrogen and oxygen atoms in total. The first-order chi connectivity index (χ1) is 21.7. The van der Waals surface area contributed by atoms with Crippen molar-refractivity contribution in [3.05, 3.63) is 0 Å². The number of quaternary nitrogens is 1. The lowest BCUT2D eigenvalue weighted by Crippen LogP contribution is -3.00. The second kappa shape index (κ2) is 42.3. The largest absolute Gasteiger partial charge is 1.00 e. The summed E-state index contributed by atoms with van der Waals surface area (Å²) in [6.45, 7) is 6.10.